The van der Waals surface area contributed by atoms with E-state index in [1.807, 2.05) is 0 Å². The first-order valence-corrected chi connectivity index (χ1v) is 5.42. The summed E-state index contributed by atoms with van der Waals surface area (Å²) in [4.78, 5) is 16.6. The summed E-state index contributed by atoms with van der Waals surface area (Å²) in [6, 6.07) is 3.47. The molecule has 1 saturated heterocycles. The quantitative estimate of drug-likeness (QED) is 0.790. The number of anilines is 1. The number of amides is 1. The van der Waals surface area contributed by atoms with E-state index in [2.05, 4.69) is 10.3 Å². The van der Waals surface area contributed by atoms with Crippen LogP contribution in [0, 0.1) is 0 Å². The molecule has 16 heavy (non-hydrogen) atoms. The molecule has 0 bridgehead atoms. The minimum atomic E-state index is -0.903. The lowest BCUT2D eigenvalue weighted by molar-refractivity contribution is 0.197. The second kappa shape index (κ2) is 4.94. The number of nitrogens with one attached hydrogen (secondary N) is 1. The highest BCUT2D eigenvalue weighted by Crippen LogP contribution is 2.19. The summed E-state index contributed by atoms with van der Waals surface area (Å²) in [5.74, 6) is 0. The topological polar surface area (TPSA) is 65.5 Å². The van der Waals surface area contributed by atoms with Crippen LogP contribution in [-0.2, 0) is 0 Å². The van der Waals surface area contributed by atoms with E-state index in [9.17, 15) is 9.90 Å². The number of hydrogen-bond acceptors (Lipinski definition) is 3. The lowest BCUT2D eigenvalue weighted by Crippen LogP contribution is -2.48. The normalized spacial score (nSPS) is 20.4. The van der Waals surface area contributed by atoms with Crippen molar-refractivity contribution in [2.24, 2.45) is 0 Å². The van der Waals surface area contributed by atoms with Crippen molar-refractivity contribution in [2.75, 3.05) is 18.0 Å². The summed E-state index contributed by atoms with van der Waals surface area (Å²) < 4.78 is 0. The highest BCUT2D eigenvalue weighted by molar-refractivity contribution is 5.86. The van der Waals surface area contributed by atoms with Crippen LogP contribution < -0.4 is 10.2 Å². The van der Waals surface area contributed by atoms with Gasteiger partial charge in [0.15, 0.2) is 0 Å². The third kappa shape index (κ3) is 2.30. The third-order valence-corrected chi connectivity index (χ3v) is 2.78. The van der Waals surface area contributed by atoms with Gasteiger partial charge in [-0.05, 0) is 31.5 Å². The maximum atomic E-state index is 11.3. The van der Waals surface area contributed by atoms with E-state index in [4.69, 9.17) is 0 Å². The fourth-order valence-corrected chi connectivity index (χ4v) is 2.04. The molecule has 86 valence electrons. The van der Waals surface area contributed by atoms with Crippen LogP contribution in [0.4, 0.5) is 10.5 Å². The minimum Gasteiger partial charge on any atom is -0.465 e. The van der Waals surface area contributed by atoms with Gasteiger partial charge in [0.05, 0.1) is 11.7 Å². The lowest BCUT2D eigenvalue weighted by Gasteiger charge is -2.32. The Bertz CT molecular complexity index is 350. The summed E-state index contributed by atoms with van der Waals surface area (Å²) in [6.45, 7) is 1.69. The lowest BCUT2D eigenvalue weighted by atomic mass is 10.1. The van der Waals surface area contributed by atoms with Crippen molar-refractivity contribution in [3.63, 3.8) is 0 Å². The molecule has 1 fully saturated rings. The average Bonchev–Trinajstić information content (AvgIpc) is 2.31. The zero-order valence-corrected chi connectivity index (χ0v) is 8.97. The molecule has 1 aliphatic heterocycles. The van der Waals surface area contributed by atoms with Crippen LogP contribution in [-0.4, -0.2) is 35.3 Å². The molecule has 1 aromatic rings. The van der Waals surface area contributed by atoms with Crippen LogP contribution in [0.25, 0.3) is 0 Å². The maximum Gasteiger partial charge on any atom is 0.412 e. The van der Waals surface area contributed by atoms with Gasteiger partial charge in [-0.25, -0.2) is 4.79 Å². The number of aromatic nitrogens is 1. The van der Waals surface area contributed by atoms with Crippen LogP contribution in [0.2, 0.25) is 0 Å². The monoisotopic (exact) mass is 221 g/mol. The van der Waals surface area contributed by atoms with Gasteiger partial charge in [0.1, 0.15) is 0 Å². The first kappa shape index (κ1) is 10.9. The van der Waals surface area contributed by atoms with E-state index in [-0.39, 0.29) is 6.04 Å². The minimum absolute atomic E-state index is 0.0219. The molecule has 2 heterocycles. The average molecular weight is 221 g/mol. The summed E-state index contributed by atoms with van der Waals surface area (Å²) in [5, 5.41) is 12.5. The van der Waals surface area contributed by atoms with Crippen molar-refractivity contribution in [2.45, 2.75) is 18.9 Å². The number of nitrogens with zero attached hydrogens (tertiary/aromatic N) is 2. The summed E-state index contributed by atoms with van der Waals surface area (Å²) in [5.41, 5.74) is 0.691. The number of piperidine rings is 1. The van der Waals surface area contributed by atoms with Gasteiger partial charge in [-0.1, -0.05) is 0 Å². The van der Waals surface area contributed by atoms with E-state index < -0.39 is 6.09 Å². The summed E-state index contributed by atoms with van der Waals surface area (Å²) >= 11 is 0. The van der Waals surface area contributed by atoms with Gasteiger partial charge in [0, 0.05) is 18.9 Å². The zero-order valence-electron chi connectivity index (χ0n) is 8.97. The Kier molecular flexibility index (Phi) is 3.36. The molecule has 2 rings (SSSR count). The Morgan fingerprint density at radius 3 is 2.81 bits per heavy atom. The predicted molar refractivity (Wildman–Crippen MR) is 60.6 cm³/mol. The van der Waals surface area contributed by atoms with Gasteiger partial charge in [0.25, 0.3) is 0 Å². The molecule has 5 nitrogen and oxygen atoms in total. The molecule has 0 aliphatic carbocycles. The van der Waals surface area contributed by atoms with Crippen molar-refractivity contribution in [3.05, 3.63) is 24.5 Å². The van der Waals surface area contributed by atoms with E-state index in [1.54, 1.807) is 24.5 Å². The summed E-state index contributed by atoms with van der Waals surface area (Å²) in [6.07, 6.45) is 4.24. The molecule has 0 aromatic carbocycles. The van der Waals surface area contributed by atoms with Gasteiger partial charge in [-0.3, -0.25) is 9.88 Å². The Morgan fingerprint density at radius 1 is 1.50 bits per heavy atom. The Hall–Kier alpha value is -1.62. The second-order valence-electron chi connectivity index (χ2n) is 3.86. The standard InChI is InChI=1S/C11H15N3O2/c15-11(16)14(9-3-6-12-7-4-9)10-2-1-5-13-8-10/h3-4,6-7,10,13H,1-2,5,8H2,(H,15,16). The number of rotatable bonds is 2. The fraction of sp³-hybridized carbons (Fsp3) is 0.455. The van der Waals surface area contributed by atoms with Crippen molar-refractivity contribution in [3.8, 4) is 0 Å². The van der Waals surface area contributed by atoms with E-state index in [0.717, 1.165) is 19.4 Å². The SMILES string of the molecule is O=C(O)N(c1ccncc1)C1CCCNC1. The van der Waals surface area contributed by atoms with Crippen LogP contribution >= 0.6 is 0 Å². The van der Waals surface area contributed by atoms with Gasteiger partial charge in [-0.15, -0.1) is 0 Å². The van der Waals surface area contributed by atoms with Gasteiger partial charge in [0.2, 0.25) is 0 Å². The Morgan fingerprint density at radius 2 is 2.25 bits per heavy atom. The van der Waals surface area contributed by atoms with E-state index in [1.165, 1.54) is 4.90 Å². The van der Waals surface area contributed by atoms with Crippen LogP contribution in [0.5, 0.6) is 0 Å². The molecule has 2 N–H and O–H groups in total. The molecule has 1 aliphatic rings. The molecule has 1 atom stereocenters. The predicted octanol–water partition coefficient (Wildman–Crippen LogP) is 1.32. The molecular formula is C11H15N3O2. The van der Waals surface area contributed by atoms with Crippen LogP contribution in [0.3, 0.4) is 0 Å². The van der Waals surface area contributed by atoms with Gasteiger partial charge < -0.3 is 10.4 Å². The van der Waals surface area contributed by atoms with E-state index in [0.29, 0.717) is 12.2 Å². The highest BCUT2D eigenvalue weighted by atomic mass is 16.4. The molecular weight excluding hydrogens is 206 g/mol. The van der Waals surface area contributed by atoms with Crippen molar-refractivity contribution in [1.82, 2.24) is 10.3 Å². The fourth-order valence-electron chi connectivity index (χ4n) is 2.04. The highest BCUT2D eigenvalue weighted by Gasteiger charge is 2.26. The largest absolute Gasteiger partial charge is 0.465 e. The number of hydrogen-bond donors (Lipinski definition) is 2. The molecule has 0 radical (unpaired) electrons. The second-order valence-corrected chi connectivity index (χ2v) is 3.86. The van der Waals surface area contributed by atoms with Gasteiger partial charge >= 0.3 is 6.09 Å². The Labute approximate surface area is 94.1 Å². The van der Waals surface area contributed by atoms with Crippen molar-refractivity contribution < 1.29 is 9.90 Å². The molecule has 1 amide bonds. The molecule has 5 heteroatoms. The number of carbonyl (C=O) groups is 1. The van der Waals surface area contributed by atoms with Gasteiger partial charge in [-0.2, -0.15) is 0 Å². The smallest absolute Gasteiger partial charge is 0.412 e. The van der Waals surface area contributed by atoms with Crippen LogP contribution in [0.1, 0.15) is 12.8 Å². The molecule has 0 saturated carbocycles. The summed E-state index contributed by atoms with van der Waals surface area (Å²) in [7, 11) is 0. The number of carboxylic acid groups (broad SMARTS) is 1. The Balaban J connectivity index is 2.20. The van der Waals surface area contributed by atoms with Crippen molar-refractivity contribution >= 4 is 11.8 Å². The molecule has 1 aromatic heterocycles. The van der Waals surface area contributed by atoms with Crippen LogP contribution in [0.15, 0.2) is 24.5 Å². The van der Waals surface area contributed by atoms with E-state index >= 15 is 0 Å². The zero-order chi connectivity index (χ0) is 11.4. The number of pyridine rings is 1. The first-order chi connectivity index (χ1) is 7.79. The van der Waals surface area contributed by atoms with Crippen molar-refractivity contribution in [1.29, 1.82) is 0 Å². The third-order valence-electron chi connectivity index (χ3n) is 2.78. The molecule has 0 spiro atoms. The first-order valence-electron chi connectivity index (χ1n) is 5.42. The molecule has 1 unspecified atom stereocenters. The maximum absolute atomic E-state index is 11.3.